The zero-order valence-electron chi connectivity index (χ0n) is 19.9. The van der Waals surface area contributed by atoms with Crippen LogP contribution >= 0.6 is 0 Å². The number of benzene rings is 3. The minimum absolute atomic E-state index is 0.182. The Labute approximate surface area is 210 Å². The van der Waals surface area contributed by atoms with Gasteiger partial charge in [0.2, 0.25) is 0 Å². The molecule has 1 unspecified atom stereocenters. The Balaban J connectivity index is 1.56. The van der Waals surface area contributed by atoms with E-state index in [4.69, 9.17) is 0 Å². The van der Waals surface area contributed by atoms with Crippen LogP contribution in [0.4, 0.5) is 10.2 Å². The summed E-state index contributed by atoms with van der Waals surface area (Å²) in [5.74, 6) is 0.235. The summed E-state index contributed by atoms with van der Waals surface area (Å²) in [5, 5.41) is 8.01. The molecule has 0 bridgehead atoms. The summed E-state index contributed by atoms with van der Waals surface area (Å²) in [7, 11) is -3.96. The molecular weight excluding hydrogens is 473 g/mol. The average molecular weight is 500 g/mol. The van der Waals surface area contributed by atoms with Crippen LogP contribution in [0.15, 0.2) is 89.8 Å². The van der Waals surface area contributed by atoms with E-state index in [0.29, 0.717) is 24.0 Å². The quantitative estimate of drug-likeness (QED) is 0.370. The van der Waals surface area contributed by atoms with Crippen LogP contribution in [0.5, 0.6) is 0 Å². The highest BCUT2D eigenvalue weighted by molar-refractivity contribution is 7.89. The molecule has 1 N–H and O–H groups in total. The monoisotopic (exact) mass is 499 g/mol. The third-order valence-electron chi connectivity index (χ3n) is 7.06. The van der Waals surface area contributed by atoms with Gasteiger partial charge in [0, 0.05) is 23.4 Å². The second kappa shape index (κ2) is 8.45. The average Bonchev–Trinajstić information content (AvgIpc) is 3.63. The summed E-state index contributed by atoms with van der Waals surface area (Å²) in [6.45, 7) is 1.92. The molecule has 5 nitrogen and oxygen atoms in total. The standard InChI is InChI=1S/C29H26FN3O2S/c1-20-10-14-25(15-11-20)36(34,35)33-27-19-29(21-6-3-2-4-7-21,22-8-5-9-23(30)18-22)17-16-26(27)28(32-33)31-24-12-13-24/h2-11,14-18,24H,12-13,19H2,1H3,(H,31,32). The largest absolute Gasteiger partial charge is 0.365 e. The van der Waals surface area contributed by atoms with E-state index in [0.717, 1.165) is 35.1 Å². The van der Waals surface area contributed by atoms with Crippen molar-refractivity contribution >= 4 is 21.9 Å². The fourth-order valence-corrected chi connectivity index (χ4v) is 6.25. The predicted octanol–water partition coefficient (Wildman–Crippen LogP) is 5.70. The number of allylic oxidation sites excluding steroid dienone is 1. The molecule has 4 aromatic rings. The van der Waals surface area contributed by atoms with Gasteiger partial charge in [-0.05, 0) is 55.2 Å². The molecule has 1 atom stereocenters. The summed E-state index contributed by atoms with van der Waals surface area (Å²) >= 11 is 0. The fourth-order valence-electron chi connectivity index (χ4n) is 4.93. The van der Waals surface area contributed by atoms with Gasteiger partial charge in [0.15, 0.2) is 5.82 Å². The van der Waals surface area contributed by atoms with Crippen molar-refractivity contribution in [2.45, 2.75) is 42.5 Å². The van der Waals surface area contributed by atoms with Gasteiger partial charge in [-0.25, -0.2) is 4.39 Å². The lowest BCUT2D eigenvalue weighted by atomic mass is 9.68. The SMILES string of the molecule is Cc1ccc(S(=O)(=O)n2nc(NC3CC3)c3c2CC(c2ccccc2)(c2cccc(F)c2)C=C3)cc1. The highest BCUT2D eigenvalue weighted by Crippen LogP contribution is 2.44. The zero-order valence-corrected chi connectivity index (χ0v) is 20.7. The van der Waals surface area contributed by atoms with E-state index >= 15 is 0 Å². The third kappa shape index (κ3) is 3.84. The molecule has 6 rings (SSSR count). The number of nitrogens with zero attached hydrogens (tertiary/aromatic N) is 2. The Morgan fingerprint density at radius 1 is 0.972 bits per heavy atom. The van der Waals surface area contributed by atoms with Crippen LogP contribution in [0.25, 0.3) is 6.08 Å². The van der Waals surface area contributed by atoms with E-state index in [2.05, 4.69) is 16.5 Å². The topological polar surface area (TPSA) is 64.0 Å². The van der Waals surface area contributed by atoms with Crippen LogP contribution in [-0.4, -0.2) is 23.6 Å². The van der Waals surface area contributed by atoms with Crippen LogP contribution in [0.2, 0.25) is 0 Å². The van der Waals surface area contributed by atoms with Crippen molar-refractivity contribution in [3.63, 3.8) is 0 Å². The maximum Gasteiger partial charge on any atom is 0.283 e. The molecule has 182 valence electrons. The van der Waals surface area contributed by atoms with Crippen LogP contribution in [0.3, 0.4) is 0 Å². The molecule has 7 heteroatoms. The zero-order chi connectivity index (χ0) is 24.9. The molecule has 1 aromatic heterocycles. The fraction of sp³-hybridized carbons (Fsp3) is 0.207. The molecule has 3 aromatic carbocycles. The summed E-state index contributed by atoms with van der Waals surface area (Å²) in [5.41, 5.74) is 3.27. The van der Waals surface area contributed by atoms with Crippen molar-refractivity contribution in [1.29, 1.82) is 0 Å². The molecule has 1 heterocycles. The lowest BCUT2D eigenvalue weighted by Crippen LogP contribution is -2.32. The third-order valence-corrected chi connectivity index (χ3v) is 8.69. The van der Waals surface area contributed by atoms with E-state index in [1.54, 1.807) is 30.3 Å². The van der Waals surface area contributed by atoms with Gasteiger partial charge in [-0.1, -0.05) is 72.3 Å². The molecule has 2 aliphatic rings. The van der Waals surface area contributed by atoms with E-state index < -0.39 is 15.4 Å². The first kappa shape index (κ1) is 22.7. The molecule has 0 spiro atoms. The normalized spacial score (nSPS) is 19.2. The number of aromatic nitrogens is 2. The maximum absolute atomic E-state index is 14.4. The molecular formula is C29H26FN3O2S. The number of hydrogen-bond acceptors (Lipinski definition) is 4. The molecule has 1 fully saturated rings. The number of nitrogens with one attached hydrogen (secondary N) is 1. The molecule has 36 heavy (non-hydrogen) atoms. The second-order valence-corrected chi connectivity index (χ2v) is 11.4. The van der Waals surface area contributed by atoms with Crippen molar-refractivity contribution in [3.8, 4) is 0 Å². The Morgan fingerprint density at radius 2 is 1.69 bits per heavy atom. The highest BCUT2D eigenvalue weighted by atomic mass is 32.2. The highest BCUT2D eigenvalue weighted by Gasteiger charge is 2.40. The minimum atomic E-state index is -3.96. The first-order chi connectivity index (χ1) is 17.4. The van der Waals surface area contributed by atoms with Gasteiger partial charge in [-0.3, -0.25) is 0 Å². The van der Waals surface area contributed by atoms with Crippen molar-refractivity contribution in [1.82, 2.24) is 9.19 Å². The Hall–Kier alpha value is -3.71. The summed E-state index contributed by atoms with van der Waals surface area (Å²) < 4.78 is 43.3. The smallest absolute Gasteiger partial charge is 0.283 e. The molecule has 2 aliphatic carbocycles. The number of rotatable bonds is 6. The summed E-state index contributed by atoms with van der Waals surface area (Å²) in [6.07, 6.45) is 6.38. The first-order valence-corrected chi connectivity index (χ1v) is 13.5. The summed E-state index contributed by atoms with van der Waals surface area (Å²) in [6, 6.07) is 23.5. The second-order valence-electron chi connectivity index (χ2n) is 9.65. The Morgan fingerprint density at radius 3 is 2.39 bits per heavy atom. The van der Waals surface area contributed by atoms with Crippen LogP contribution in [0.1, 0.15) is 40.8 Å². The van der Waals surface area contributed by atoms with Gasteiger partial charge in [-0.15, -0.1) is 5.10 Å². The lowest BCUT2D eigenvalue weighted by molar-refractivity contribution is 0.562. The molecule has 0 amide bonds. The number of hydrogen-bond donors (Lipinski definition) is 1. The lowest BCUT2D eigenvalue weighted by Gasteiger charge is -2.35. The van der Waals surface area contributed by atoms with Crippen LogP contribution < -0.4 is 5.32 Å². The van der Waals surface area contributed by atoms with Gasteiger partial charge < -0.3 is 5.32 Å². The van der Waals surface area contributed by atoms with Gasteiger partial charge in [0.05, 0.1) is 10.6 Å². The number of halogens is 1. The molecule has 1 saturated carbocycles. The van der Waals surface area contributed by atoms with E-state index in [9.17, 15) is 12.8 Å². The van der Waals surface area contributed by atoms with Gasteiger partial charge in [0.1, 0.15) is 5.82 Å². The summed E-state index contributed by atoms with van der Waals surface area (Å²) in [4.78, 5) is 0.182. The van der Waals surface area contributed by atoms with Gasteiger partial charge in [0.25, 0.3) is 10.0 Å². The molecule has 0 aliphatic heterocycles. The van der Waals surface area contributed by atoms with E-state index in [-0.39, 0.29) is 10.7 Å². The predicted molar refractivity (Wildman–Crippen MR) is 139 cm³/mol. The van der Waals surface area contributed by atoms with E-state index in [1.165, 1.54) is 16.2 Å². The Kier molecular flexibility index (Phi) is 5.34. The number of anilines is 1. The van der Waals surface area contributed by atoms with Crippen LogP contribution in [0, 0.1) is 12.7 Å². The van der Waals surface area contributed by atoms with Crippen molar-refractivity contribution in [2.75, 3.05) is 5.32 Å². The molecule has 0 radical (unpaired) electrons. The van der Waals surface area contributed by atoms with Crippen molar-refractivity contribution in [2.24, 2.45) is 0 Å². The minimum Gasteiger partial charge on any atom is -0.365 e. The van der Waals surface area contributed by atoms with Gasteiger partial charge >= 0.3 is 0 Å². The number of aryl methyl sites for hydroxylation is 1. The van der Waals surface area contributed by atoms with Crippen LogP contribution in [-0.2, 0) is 21.9 Å². The number of fused-ring (bicyclic) bond motifs is 1. The van der Waals surface area contributed by atoms with Crippen molar-refractivity contribution in [3.05, 3.63) is 119 Å². The molecule has 0 saturated heterocycles. The first-order valence-electron chi connectivity index (χ1n) is 12.1. The van der Waals surface area contributed by atoms with E-state index in [1.807, 2.05) is 49.4 Å². The Bertz CT molecular complexity index is 1570. The van der Waals surface area contributed by atoms with Gasteiger partial charge in [-0.2, -0.15) is 12.5 Å². The maximum atomic E-state index is 14.4. The van der Waals surface area contributed by atoms with Crippen molar-refractivity contribution < 1.29 is 12.8 Å².